The maximum absolute atomic E-state index is 5.53. The number of anilines is 3. The topological polar surface area (TPSA) is 120 Å². The maximum Gasteiger partial charge on any atom is 0.232 e. The lowest BCUT2D eigenvalue weighted by Crippen LogP contribution is -2.38. The fraction of sp³-hybridized carbons (Fsp3) is 0.824. The van der Waals surface area contributed by atoms with Crippen LogP contribution in [0.4, 0.5) is 17.8 Å². The standard InChI is InChI=1S/C17H31N7O3/c18-4-8-25-12-13-26-9-5-19-15-21-16(20-14-2-1-3-14)23-17(22-15)24-6-10-27-11-7-24/h14H,1-13,18H2,(H2,19,20,21,22,23). The van der Waals surface area contributed by atoms with Crippen molar-refractivity contribution in [2.24, 2.45) is 5.73 Å². The zero-order chi connectivity index (χ0) is 18.7. The largest absolute Gasteiger partial charge is 0.378 e. The van der Waals surface area contributed by atoms with Gasteiger partial charge in [-0.1, -0.05) is 0 Å². The molecule has 2 fully saturated rings. The number of hydrogen-bond acceptors (Lipinski definition) is 10. The number of rotatable bonds is 12. The van der Waals surface area contributed by atoms with Gasteiger partial charge in [0.05, 0.1) is 39.6 Å². The van der Waals surface area contributed by atoms with E-state index < -0.39 is 0 Å². The Labute approximate surface area is 160 Å². The Bertz CT molecular complexity index is 553. The van der Waals surface area contributed by atoms with E-state index in [-0.39, 0.29) is 0 Å². The second-order valence-corrected chi connectivity index (χ2v) is 6.59. The second-order valence-electron chi connectivity index (χ2n) is 6.59. The van der Waals surface area contributed by atoms with Crippen LogP contribution in [0.15, 0.2) is 0 Å². The first kappa shape index (κ1) is 20.0. The van der Waals surface area contributed by atoms with Crippen LogP contribution in [-0.4, -0.2) is 86.8 Å². The summed E-state index contributed by atoms with van der Waals surface area (Å²) in [4.78, 5) is 15.8. The smallest absolute Gasteiger partial charge is 0.232 e. The zero-order valence-electron chi connectivity index (χ0n) is 15.9. The van der Waals surface area contributed by atoms with Crippen LogP contribution in [0.2, 0.25) is 0 Å². The van der Waals surface area contributed by atoms with Crippen molar-refractivity contribution in [1.82, 2.24) is 15.0 Å². The van der Waals surface area contributed by atoms with Gasteiger partial charge in [-0.05, 0) is 19.3 Å². The van der Waals surface area contributed by atoms with E-state index >= 15 is 0 Å². The Morgan fingerprint density at radius 1 is 1.00 bits per heavy atom. The molecule has 1 saturated heterocycles. The van der Waals surface area contributed by atoms with Gasteiger partial charge in [0.25, 0.3) is 0 Å². The van der Waals surface area contributed by atoms with E-state index in [0.29, 0.717) is 76.6 Å². The van der Waals surface area contributed by atoms with Gasteiger partial charge < -0.3 is 35.5 Å². The first-order valence-electron chi connectivity index (χ1n) is 9.80. The lowest BCUT2D eigenvalue weighted by molar-refractivity contribution is 0.0547. The summed E-state index contributed by atoms with van der Waals surface area (Å²) in [5.74, 6) is 1.89. The minimum atomic E-state index is 0.467. The number of morpholine rings is 1. The summed E-state index contributed by atoms with van der Waals surface area (Å²) in [6.45, 7) is 6.34. The van der Waals surface area contributed by atoms with Crippen LogP contribution < -0.4 is 21.3 Å². The molecule has 4 N–H and O–H groups in total. The fourth-order valence-electron chi connectivity index (χ4n) is 2.79. The molecule has 152 valence electrons. The van der Waals surface area contributed by atoms with E-state index in [2.05, 4.69) is 30.5 Å². The van der Waals surface area contributed by atoms with E-state index in [0.717, 1.165) is 13.1 Å². The SMILES string of the molecule is NCCOCCOCCNc1nc(NC2CCC2)nc(N2CCOCC2)n1. The van der Waals surface area contributed by atoms with Gasteiger partial charge in [-0.15, -0.1) is 0 Å². The normalized spacial score (nSPS) is 17.6. The van der Waals surface area contributed by atoms with Crippen LogP contribution in [0.25, 0.3) is 0 Å². The van der Waals surface area contributed by atoms with Crippen LogP contribution in [-0.2, 0) is 14.2 Å². The Morgan fingerprint density at radius 3 is 2.44 bits per heavy atom. The average molecular weight is 381 g/mol. The molecule has 2 heterocycles. The molecule has 2 aliphatic rings. The summed E-state index contributed by atoms with van der Waals surface area (Å²) >= 11 is 0. The van der Waals surface area contributed by atoms with Crippen molar-refractivity contribution in [2.75, 3.05) is 81.4 Å². The molecule has 27 heavy (non-hydrogen) atoms. The quantitative estimate of drug-likeness (QED) is 0.429. The monoisotopic (exact) mass is 381 g/mol. The van der Waals surface area contributed by atoms with Gasteiger partial charge in [-0.25, -0.2) is 0 Å². The molecule has 1 aromatic rings. The Kier molecular flexibility index (Phi) is 8.28. The molecule has 1 aliphatic heterocycles. The van der Waals surface area contributed by atoms with E-state index in [9.17, 15) is 0 Å². The number of ether oxygens (including phenoxy) is 3. The molecule has 3 rings (SSSR count). The molecule has 10 nitrogen and oxygen atoms in total. The number of nitrogens with two attached hydrogens (primary N) is 1. The van der Waals surface area contributed by atoms with Crippen molar-refractivity contribution in [1.29, 1.82) is 0 Å². The third kappa shape index (κ3) is 6.73. The highest BCUT2D eigenvalue weighted by Crippen LogP contribution is 2.23. The summed E-state index contributed by atoms with van der Waals surface area (Å²) in [5, 5.41) is 6.64. The van der Waals surface area contributed by atoms with Crippen molar-refractivity contribution in [2.45, 2.75) is 25.3 Å². The summed E-state index contributed by atoms with van der Waals surface area (Å²) in [6.07, 6.45) is 3.60. The van der Waals surface area contributed by atoms with Crippen LogP contribution in [0.5, 0.6) is 0 Å². The van der Waals surface area contributed by atoms with Crippen molar-refractivity contribution < 1.29 is 14.2 Å². The lowest BCUT2D eigenvalue weighted by atomic mass is 9.93. The van der Waals surface area contributed by atoms with Gasteiger partial charge in [0, 0.05) is 32.2 Å². The Morgan fingerprint density at radius 2 is 1.74 bits per heavy atom. The van der Waals surface area contributed by atoms with Crippen molar-refractivity contribution >= 4 is 17.8 Å². The number of nitrogens with zero attached hydrogens (tertiary/aromatic N) is 4. The van der Waals surface area contributed by atoms with Gasteiger partial charge in [0.1, 0.15) is 0 Å². The molecule has 0 unspecified atom stereocenters. The van der Waals surface area contributed by atoms with Crippen molar-refractivity contribution in [3.63, 3.8) is 0 Å². The molecule has 0 atom stereocenters. The van der Waals surface area contributed by atoms with E-state index in [1.165, 1.54) is 19.3 Å². The van der Waals surface area contributed by atoms with Gasteiger partial charge in [-0.3, -0.25) is 0 Å². The maximum atomic E-state index is 5.53. The summed E-state index contributed by atoms with van der Waals surface area (Å²) in [5.41, 5.74) is 5.37. The number of aromatic nitrogens is 3. The fourth-order valence-corrected chi connectivity index (χ4v) is 2.79. The van der Waals surface area contributed by atoms with Crippen LogP contribution in [0.3, 0.4) is 0 Å². The van der Waals surface area contributed by atoms with E-state index in [1.807, 2.05) is 0 Å². The van der Waals surface area contributed by atoms with Crippen molar-refractivity contribution in [3.05, 3.63) is 0 Å². The van der Waals surface area contributed by atoms with Crippen LogP contribution in [0.1, 0.15) is 19.3 Å². The average Bonchev–Trinajstić information content (AvgIpc) is 2.67. The second kappa shape index (κ2) is 11.2. The van der Waals surface area contributed by atoms with Gasteiger partial charge >= 0.3 is 0 Å². The molecule has 0 radical (unpaired) electrons. The van der Waals surface area contributed by atoms with E-state index in [1.54, 1.807) is 0 Å². The third-order valence-electron chi connectivity index (χ3n) is 4.52. The first-order valence-corrected chi connectivity index (χ1v) is 9.80. The van der Waals surface area contributed by atoms with Gasteiger partial charge in [-0.2, -0.15) is 15.0 Å². The number of nitrogens with one attached hydrogen (secondary N) is 2. The molecule has 1 aromatic heterocycles. The minimum Gasteiger partial charge on any atom is -0.378 e. The van der Waals surface area contributed by atoms with Crippen LogP contribution in [0, 0.1) is 0 Å². The highest BCUT2D eigenvalue weighted by molar-refractivity contribution is 5.44. The predicted octanol–water partition coefficient (Wildman–Crippen LogP) is 0.0764. The highest BCUT2D eigenvalue weighted by atomic mass is 16.5. The van der Waals surface area contributed by atoms with Gasteiger partial charge in [0.2, 0.25) is 17.8 Å². The minimum absolute atomic E-state index is 0.467. The Hall–Kier alpha value is -1.75. The highest BCUT2D eigenvalue weighted by Gasteiger charge is 2.21. The van der Waals surface area contributed by atoms with Crippen molar-refractivity contribution in [3.8, 4) is 0 Å². The molecular formula is C17H31N7O3. The molecule has 0 spiro atoms. The molecule has 0 bridgehead atoms. The lowest BCUT2D eigenvalue weighted by Gasteiger charge is -2.29. The van der Waals surface area contributed by atoms with Crippen LogP contribution >= 0.6 is 0 Å². The predicted molar refractivity (Wildman–Crippen MR) is 103 cm³/mol. The molecule has 0 aromatic carbocycles. The summed E-state index contributed by atoms with van der Waals surface area (Å²) in [7, 11) is 0. The first-order chi connectivity index (χ1) is 13.3. The molecule has 1 saturated carbocycles. The molecule has 1 aliphatic carbocycles. The zero-order valence-corrected chi connectivity index (χ0v) is 15.9. The molecule has 0 amide bonds. The number of hydrogen-bond donors (Lipinski definition) is 3. The molecular weight excluding hydrogens is 350 g/mol. The summed E-state index contributed by atoms with van der Waals surface area (Å²) < 4.78 is 16.2. The van der Waals surface area contributed by atoms with E-state index in [4.69, 9.17) is 19.9 Å². The third-order valence-corrected chi connectivity index (χ3v) is 4.52. The van der Waals surface area contributed by atoms with Gasteiger partial charge in [0.15, 0.2) is 0 Å². The summed E-state index contributed by atoms with van der Waals surface area (Å²) in [6, 6.07) is 0.467. The Balaban J connectivity index is 1.50. The molecule has 10 heteroatoms.